The minimum Gasteiger partial charge on any atom is -0.495 e. The molecule has 2 aromatic rings. The first-order valence-corrected chi connectivity index (χ1v) is 7.99. The van der Waals surface area contributed by atoms with Gasteiger partial charge in [0, 0.05) is 5.69 Å². The number of nitrogens with one attached hydrogen (secondary N) is 1. The Labute approximate surface area is 132 Å². The predicted molar refractivity (Wildman–Crippen MR) is 84.7 cm³/mol. The maximum atomic E-state index is 12.3. The van der Waals surface area contributed by atoms with Crippen LogP contribution in [0.25, 0.3) is 0 Å². The van der Waals surface area contributed by atoms with E-state index in [0.29, 0.717) is 11.4 Å². The lowest BCUT2D eigenvalue weighted by Gasteiger charge is -2.11. The Morgan fingerprint density at radius 2 is 1.81 bits per heavy atom. The fraction of sp³-hybridized carbons (Fsp3) is 0.0769. The van der Waals surface area contributed by atoms with Crippen LogP contribution in [0.2, 0.25) is 10.0 Å². The fourth-order valence-corrected chi connectivity index (χ4v) is 3.28. The van der Waals surface area contributed by atoms with Gasteiger partial charge in [-0.2, -0.15) is 0 Å². The van der Waals surface area contributed by atoms with Crippen LogP contribution in [-0.2, 0) is 10.0 Å². The van der Waals surface area contributed by atoms with Crippen molar-refractivity contribution in [3.05, 3.63) is 46.4 Å². The average Bonchev–Trinajstić information content (AvgIpc) is 2.42. The van der Waals surface area contributed by atoms with Crippen molar-refractivity contribution in [2.75, 3.05) is 17.6 Å². The van der Waals surface area contributed by atoms with Crippen molar-refractivity contribution in [2.24, 2.45) is 0 Å². The van der Waals surface area contributed by atoms with Gasteiger partial charge >= 0.3 is 0 Å². The van der Waals surface area contributed by atoms with E-state index in [1.807, 2.05) is 0 Å². The Bertz CT molecular complexity index is 779. The van der Waals surface area contributed by atoms with Gasteiger partial charge in [0.15, 0.2) is 0 Å². The van der Waals surface area contributed by atoms with Crippen molar-refractivity contribution in [2.45, 2.75) is 4.90 Å². The molecular formula is C13H12Cl2N2O3S. The van der Waals surface area contributed by atoms with Crippen LogP contribution in [0.5, 0.6) is 5.75 Å². The zero-order valence-corrected chi connectivity index (χ0v) is 13.3. The highest BCUT2D eigenvalue weighted by Gasteiger charge is 2.17. The molecule has 112 valence electrons. The smallest absolute Gasteiger partial charge is 0.261 e. The van der Waals surface area contributed by atoms with Crippen molar-refractivity contribution < 1.29 is 13.2 Å². The minimum atomic E-state index is -3.83. The number of hydrogen-bond acceptors (Lipinski definition) is 4. The van der Waals surface area contributed by atoms with E-state index in [1.54, 1.807) is 6.07 Å². The number of methoxy groups -OCH3 is 1. The van der Waals surface area contributed by atoms with Crippen LogP contribution in [-0.4, -0.2) is 15.5 Å². The maximum absolute atomic E-state index is 12.3. The summed E-state index contributed by atoms with van der Waals surface area (Å²) in [5, 5.41) is 0.437. The Balaban J connectivity index is 2.38. The summed E-state index contributed by atoms with van der Waals surface area (Å²) in [5.41, 5.74) is 6.21. The van der Waals surface area contributed by atoms with Crippen molar-refractivity contribution >= 4 is 44.6 Å². The van der Waals surface area contributed by atoms with Gasteiger partial charge in [-0.15, -0.1) is 0 Å². The summed E-state index contributed by atoms with van der Waals surface area (Å²) < 4.78 is 32.0. The van der Waals surface area contributed by atoms with Crippen molar-refractivity contribution in [1.29, 1.82) is 0 Å². The highest BCUT2D eigenvalue weighted by atomic mass is 35.5. The Morgan fingerprint density at radius 1 is 1.10 bits per heavy atom. The third kappa shape index (κ3) is 3.53. The average molecular weight is 347 g/mol. The number of benzene rings is 2. The monoisotopic (exact) mass is 346 g/mol. The number of rotatable bonds is 4. The number of ether oxygens (including phenoxy) is 1. The Kier molecular flexibility index (Phi) is 4.51. The lowest BCUT2D eigenvalue weighted by Crippen LogP contribution is -2.13. The molecule has 2 rings (SSSR count). The summed E-state index contributed by atoms with van der Waals surface area (Å²) in [4.78, 5) is -0.00760. The van der Waals surface area contributed by atoms with Gasteiger partial charge in [0.25, 0.3) is 10.0 Å². The predicted octanol–water partition coefficient (Wildman–Crippen LogP) is 3.39. The molecule has 0 aliphatic heterocycles. The first-order valence-electron chi connectivity index (χ1n) is 5.75. The summed E-state index contributed by atoms with van der Waals surface area (Å²) in [7, 11) is -2.39. The SMILES string of the molecule is COc1ccc(S(=O)(=O)Nc2cc(N)ccc2Cl)cc1Cl. The van der Waals surface area contributed by atoms with Gasteiger partial charge in [0.05, 0.1) is 27.7 Å². The largest absolute Gasteiger partial charge is 0.495 e. The first-order chi connectivity index (χ1) is 9.83. The Morgan fingerprint density at radius 3 is 2.43 bits per heavy atom. The number of sulfonamides is 1. The number of nitrogen functional groups attached to an aromatic ring is 1. The normalized spacial score (nSPS) is 11.2. The van der Waals surface area contributed by atoms with Crippen LogP contribution >= 0.6 is 23.2 Å². The van der Waals surface area contributed by atoms with E-state index in [4.69, 9.17) is 33.7 Å². The van der Waals surface area contributed by atoms with Gasteiger partial charge in [-0.1, -0.05) is 23.2 Å². The highest BCUT2D eigenvalue weighted by Crippen LogP contribution is 2.30. The van der Waals surface area contributed by atoms with E-state index in [1.165, 1.54) is 37.4 Å². The topological polar surface area (TPSA) is 81.4 Å². The first kappa shape index (κ1) is 15.8. The number of halogens is 2. The highest BCUT2D eigenvalue weighted by molar-refractivity contribution is 7.92. The molecule has 0 fully saturated rings. The third-order valence-electron chi connectivity index (χ3n) is 2.67. The second-order valence-corrected chi connectivity index (χ2v) is 6.64. The van der Waals surface area contributed by atoms with Crippen molar-refractivity contribution in [1.82, 2.24) is 0 Å². The molecule has 5 nitrogen and oxygen atoms in total. The molecule has 0 radical (unpaired) electrons. The molecule has 0 heterocycles. The molecule has 0 saturated heterocycles. The molecule has 0 saturated carbocycles. The molecule has 2 aromatic carbocycles. The van der Waals surface area contributed by atoms with Gasteiger partial charge in [0.2, 0.25) is 0 Å². The van der Waals surface area contributed by atoms with E-state index in [2.05, 4.69) is 4.72 Å². The molecule has 0 amide bonds. The number of anilines is 2. The van der Waals surface area contributed by atoms with E-state index in [0.717, 1.165) is 0 Å². The summed E-state index contributed by atoms with van der Waals surface area (Å²) in [6.07, 6.45) is 0. The molecule has 3 N–H and O–H groups in total. The summed E-state index contributed by atoms with van der Waals surface area (Å²) in [6, 6.07) is 8.67. The number of hydrogen-bond donors (Lipinski definition) is 2. The van der Waals surface area contributed by atoms with Gasteiger partial charge < -0.3 is 10.5 Å². The van der Waals surface area contributed by atoms with Crippen LogP contribution in [0, 0.1) is 0 Å². The standard InChI is InChI=1S/C13H12Cl2N2O3S/c1-20-13-5-3-9(7-11(13)15)21(18,19)17-12-6-8(16)2-4-10(12)14/h2-7,17H,16H2,1H3. The van der Waals surface area contributed by atoms with Crippen molar-refractivity contribution in [3.8, 4) is 5.75 Å². The van der Waals surface area contributed by atoms with Crippen LogP contribution < -0.4 is 15.2 Å². The lowest BCUT2D eigenvalue weighted by atomic mass is 10.3. The minimum absolute atomic E-state index is 0.00760. The second-order valence-electron chi connectivity index (χ2n) is 4.14. The maximum Gasteiger partial charge on any atom is 0.261 e. The summed E-state index contributed by atoms with van der Waals surface area (Å²) in [6.45, 7) is 0. The molecule has 0 aromatic heterocycles. The molecule has 0 atom stereocenters. The summed E-state index contributed by atoms with van der Waals surface area (Å²) >= 11 is 11.9. The lowest BCUT2D eigenvalue weighted by molar-refractivity contribution is 0.414. The molecule has 8 heteroatoms. The van der Waals surface area contributed by atoms with Gasteiger partial charge in [-0.05, 0) is 36.4 Å². The van der Waals surface area contributed by atoms with Crippen LogP contribution in [0.3, 0.4) is 0 Å². The van der Waals surface area contributed by atoms with E-state index in [-0.39, 0.29) is 20.6 Å². The summed E-state index contributed by atoms with van der Waals surface area (Å²) in [5.74, 6) is 0.387. The zero-order valence-electron chi connectivity index (χ0n) is 10.9. The van der Waals surface area contributed by atoms with E-state index >= 15 is 0 Å². The molecular weight excluding hydrogens is 335 g/mol. The van der Waals surface area contributed by atoms with Crippen molar-refractivity contribution in [3.63, 3.8) is 0 Å². The second kappa shape index (κ2) is 6.01. The molecule has 0 bridgehead atoms. The van der Waals surface area contributed by atoms with Crippen LogP contribution in [0.15, 0.2) is 41.3 Å². The molecule has 0 unspecified atom stereocenters. The molecule has 0 aliphatic rings. The quantitative estimate of drug-likeness (QED) is 0.831. The van der Waals surface area contributed by atoms with Crippen LogP contribution in [0.4, 0.5) is 11.4 Å². The third-order valence-corrected chi connectivity index (χ3v) is 4.66. The zero-order chi connectivity index (χ0) is 15.6. The van der Waals surface area contributed by atoms with E-state index < -0.39 is 10.0 Å². The number of nitrogens with two attached hydrogens (primary N) is 1. The van der Waals surface area contributed by atoms with Crippen LogP contribution in [0.1, 0.15) is 0 Å². The van der Waals surface area contributed by atoms with Gasteiger partial charge in [-0.3, -0.25) is 4.72 Å². The fourth-order valence-electron chi connectivity index (χ4n) is 1.64. The molecule has 0 aliphatic carbocycles. The van der Waals surface area contributed by atoms with Gasteiger partial charge in [0.1, 0.15) is 5.75 Å². The van der Waals surface area contributed by atoms with E-state index in [9.17, 15) is 8.42 Å². The molecule has 21 heavy (non-hydrogen) atoms. The molecule has 0 spiro atoms. The Hall–Kier alpha value is -1.63. The van der Waals surface area contributed by atoms with Gasteiger partial charge in [-0.25, -0.2) is 8.42 Å².